The van der Waals surface area contributed by atoms with E-state index in [0.717, 1.165) is 11.3 Å². The van der Waals surface area contributed by atoms with Gasteiger partial charge in [0.15, 0.2) is 0 Å². The number of rotatable bonds is 2. The van der Waals surface area contributed by atoms with Gasteiger partial charge in [-0.15, -0.1) is 0 Å². The summed E-state index contributed by atoms with van der Waals surface area (Å²) in [7, 11) is 0. The smallest absolute Gasteiger partial charge is 0.393 e. The number of fused-ring (bicyclic) bond motifs is 1. The van der Waals surface area contributed by atoms with E-state index in [9.17, 15) is 4.79 Å². The van der Waals surface area contributed by atoms with Crippen molar-refractivity contribution >= 4 is 17.9 Å². The number of carbonyl (C=O) groups is 1. The number of nitrogens with zero attached hydrogens (tertiary/aromatic N) is 2. The molecule has 0 radical (unpaired) electrons. The molecular weight excluding hydrogens is 256 g/mol. The van der Waals surface area contributed by atoms with Gasteiger partial charge in [-0.1, -0.05) is 18.2 Å². The highest BCUT2D eigenvalue weighted by atomic mass is 16.6. The van der Waals surface area contributed by atoms with E-state index in [-0.39, 0.29) is 0 Å². The average Bonchev–Trinajstić information content (AvgIpc) is 2.48. The fourth-order valence-electron chi connectivity index (χ4n) is 1.82. The summed E-state index contributed by atoms with van der Waals surface area (Å²) in [6.07, 6.45) is 4.31. The first kappa shape index (κ1) is 12.2. The minimum atomic E-state index is -0.549. The first-order valence-corrected chi connectivity index (χ1v) is 6.09. The fourth-order valence-corrected chi connectivity index (χ4v) is 1.82. The van der Waals surface area contributed by atoms with Gasteiger partial charge in [-0.05, 0) is 12.1 Å². The summed E-state index contributed by atoms with van der Waals surface area (Å²) < 4.78 is 5.19. The number of benzene rings is 1. The highest BCUT2D eigenvalue weighted by Gasteiger charge is 2.14. The van der Waals surface area contributed by atoms with E-state index in [1.165, 1.54) is 6.33 Å². The van der Waals surface area contributed by atoms with E-state index < -0.39 is 6.09 Å². The third kappa shape index (κ3) is 2.74. The van der Waals surface area contributed by atoms with Crippen LogP contribution in [0.4, 0.5) is 10.5 Å². The summed E-state index contributed by atoms with van der Waals surface area (Å²) in [5.74, 6) is 0.365. The maximum absolute atomic E-state index is 11.7. The van der Waals surface area contributed by atoms with Crippen molar-refractivity contribution in [3.05, 3.63) is 60.0 Å². The van der Waals surface area contributed by atoms with E-state index >= 15 is 0 Å². The van der Waals surface area contributed by atoms with Gasteiger partial charge in [0.05, 0.1) is 5.69 Å². The zero-order valence-electron chi connectivity index (χ0n) is 10.5. The lowest BCUT2D eigenvalue weighted by Gasteiger charge is -2.17. The third-order valence-electron chi connectivity index (χ3n) is 2.77. The lowest BCUT2D eigenvalue weighted by Crippen LogP contribution is -2.24. The van der Waals surface area contributed by atoms with E-state index in [0.29, 0.717) is 18.1 Å². The maximum atomic E-state index is 11.7. The molecule has 2 N–H and O–H groups in total. The zero-order chi connectivity index (χ0) is 13.8. The van der Waals surface area contributed by atoms with Crippen molar-refractivity contribution in [1.29, 1.82) is 0 Å². The Morgan fingerprint density at radius 3 is 3.00 bits per heavy atom. The molecule has 1 aromatic heterocycles. The van der Waals surface area contributed by atoms with Crippen LogP contribution in [0.1, 0.15) is 11.3 Å². The second kappa shape index (κ2) is 5.40. The van der Waals surface area contributed by atoms with Gasteiger partial charge >= 0.3 is 6.09 Å². The van der Waals surface area contributed by atoms with Crippen molar-refractivity contribution in [1.82, 2.24) is 15.3 Å². The summed E-state index contributed by atoms with van der Waals surface area (Å²) >= 11 is 0. The number of carbonyl (C=O) groups excluding carboxylic acids is 1. The van der Waals surface area contributed by atoms with Gasteiger partial charge in [0.1, 0.15) is 6.33 Å². The lowest BCUT2D eigenvalue weighted by molar-refractivity contribution is 0.185. The van der Waals surface area contributed by atoms with E-state index in [1.807, 2.05) is 18.2 Å². The molecule has 3 rings (SSSR count). The largest absolute Gasteiger partial charge is 0.418 e. The van der Waals surface area contributed by atoms with Crippen LogP contribution in [-0.2, 0) is 11.3 Å². The lowest BCUT2D eigenvalue weighted by atomic mass is 10.2. The molecular formula is C14H12N4O2. The molecule has 0 atom stereocenters. The first-order chi connectivity index (χ1) is 9.81. The quantitative estimate of drug-likeness (QED) is 0.872. The first-order valence-electron chi connectivity index (χ1n) is 6.09. The molecule has 1 aliphatic heterocycles. The second-order valence-corrected chi connectivity index (χ2v) is 4.18. The Morgan fingerprint density at radius 2 is 2.15 bits per heavy atom. The number of hydrogen-bond donors (Lipinski definition) is 2. The molecule has 1 aromatic carbocycles. The summed E-state index contributed by atoms with van der Waals surface area (Å²) in [4.78, 5) is 19.8. The molecule has 6 heteroatoms. The van der Waals surface area contributed by atoms with Crippen LogP contribution in [0, 0.1) is 0 Å². The van der Waals surface area contributed by atoms with Crippen LogP contribution in [0.3, 0.4) is 0 Å². The Bertz CT molecular complexity index is 655. The number of para-hydroxylation sites is 1. The van der Waals surface area contributed by atoms with Gasteiger partial charge < -0.3 is 10.1 Å². The molecule has 20 heavy (non-hydrogen) atoms. The topological polar surface area (TPSA) is 76.1 Å². The molecule has 6 nitrogen and oxygen atoms in total. The molecule has 0 saturated carbocycles. The molecule has 1 amide bonds. The molecule has 2 heterocycles. The van der Waals surface area contributed by atoms with Gasteiger partial charge in [0.2, 0.25) is 5.88 Å². The monoisotopic (exact) mass is 268 g/mol. The van der Waals surface area contributed by atoms with E-state index in [1.54, 1.807) is 24.4 Å². The predicted molar refractivity (Wildman–Crippen MR) is 73.4 cm³/mol. The van der Waals surface area contributed by atoms with E-state index in [4.69, 9.17) is 4.74 Å². The molecule has 0 bridgehead atoms. The van der Waals surface area contributed by atoms with Crippen LogP contribution in [-0.4, -0.2) is 16.1 Å². The highest BCUT2D eigenvalue weighted by molar-refractivity contribution is 5.85. The zero-order valence-corrected chi connectivity index (χ0v) is 10.5. The molecule has 0 spiro atoms. The number of amides is 1. The van der Waals surface area contributed by atoms with Gasteiger partial charge in [-0.25, -0.2) is 14.8 Å². The minimum Gasteiger partial charge on any atom is -0.393 e. The van der Waals surface area contributed by atoms with Crippen LogP contribution < -0.4 is 10.6 Å². The van der Waals surface area contributed by atoms with Crippen LogP contribution in [0.5, 0.6) is 0 Å². The van der Waals surface area contributed by atoms with Gasteiger partial charge in [-0.3, -0.25) is 5.32 Å². The van der Waals surface area contributed by atoms with Crippen molar-refractivity contribution in [2.45, 2.75) is 6.54 Å². The summed E-state index contributed by atoms with van der Waals surface area (Å²) in [5.41, 5.74) is 2.39. The average molecular weight is 268 g/mol. The second-order valence-electron chi connectivity index (χ2n) is 4.18. The molecule has 0 aliphatic carbocycles. The van der Waals surface area contributed by atoms with Crippen LogP contribution >= 0.6 is 0 Å². The van der Waals surface area contributed by atoms with Crippen molar-refractivity contribution < 1.29 is 9.53 Å². The van der Waals surface area contributed by atoms with Gasteiger partial charge in [0.25, 0.3) is 0 Å². The van der Waals surface area contributed by atoms with Crippen molar-refractivity contribution in [3.8, 4) is 0 Å². The summed E-state index contributed by atoms with van der Waals surface area (Å²) in [6.45, 7) is 0.528. The van der Waals surface area contributed by atoms with Crippen molar-refractivity contribution in [2.75, 3.05) is 5.32 Å². The molecule has 1 aliphatic rings. The van der Waals surface area contributed by atoms with Crippen LogP contribution in [0.2, 0.25) is 0 Å². The highest BCUT2D eigenvalue weighted by Crippen LogP contribution is 2.15. The fraction of sp³-hybridized carbons (Fsp3) is 0.0714. The van der Waals surface area contributed by atoms with Gasteiger partial charge in [0, 0.05) is 30.1 Å². The van der Waals surface area contributed by atoms with Crippen molar-refractivity contribution in [3.63, 3.8) is 0 Å². The number of nitrogens with one attached hydrogen (secondary N) is 2. The third-order valence-corrected chi connectivity index (χ3v) is 2.77. The number of hydrogen-bond acceptors (Lipinski definition) is 5. The Hall–Kier alpha value is -2.89. The van der Waals surface area contributed by atoms with Crippen LogP contribution in [0.15, 0.2) is 48.7 Å². The number of anilines is 1. The minimum absolute atomic E-state index is 0.365. The van der Waals surface area contributed by atoms with E-state index in [2.05, 4.69) is 20.6 Å². The maximum Gasteiger partial charge on any atom is 0.418 e. The Balaban J connectivity index is 1.67. The molecule has 0 saturated heterocycles. The SMILES string of the molecule is O=C(Nc1ccccc1)OC1=Cc2ncncc2CN1. The van der Waals surface area contributed by atoms with Crippen molar-refractivity contribution in [2.24, 2.45) is 0 Å². The summed E-state index contributed by atoms with van der Waals surface area (Å²) in [5, 5.41) is 5.63. The molecule has 100 valence electrons. The Kier molecular flexibility index (Phi) is 3.28. The number of aromatic nitrogens is 2. The Labute approximate surface area is 115 Å². The Morgan fingerprint density at radius 1 is 1.30 bits per heavy atom. The summed E-state index contributed by atoms with van der Waals surface area (Å²) in [6, 6.07) is 9.11. The normalized spacial score (nSPS) is 12.7. The number of ether oxygens (including phenoxy) is 1. The molecule has 0 unspecified atom stereocenters. The molecule has 0 fully saturated rings. The van der Waals surface area contributed by atoms with Gasteiger partial charge in [-0.2, -0.15) is 0 Å². The standard InChI is InChI=1S/C14H12N4O2/c19-14(18-11-4-2-1-3-5-11)20-13-6-12-10(8-16-13)7-15-9-17-12/h1-7,9,16H,8H2,(H,18,19). The predicted octanol–water partition coefficient (Wildman–Crippen LogP) is 2.13. The molecule has 2 aromatic rings. The van der Waals surface area contributed by atoms with Crippen LogP contribution in [0.25, 0.3) is 6.08 Å².